The molecule has 0 saturated heterocycles. The Bertz CT molecular complexity index is 1430. The summed E-state index contributed by atoms with van der Waals surface area (Å²) in [6.07, 6.45) is 3.42. The second kappa shape index (κ2) is 9.25. The standard InChI is InChI=1S/C24H19FN8O/c25-16-2-5-18(6-3-16)30-24(34)31-19-9-7-17(8-10-19)29-23-26-12-11-22(32-23)28-20-4-1-15-14-27-33-21(15)13-20/h1-14H,(H,27,33)(H2,30,31,34)(H2,26,28,29,32). The van der Waals surface area contributed by atoms with Gasteiger partial charge in [-0.15, -0.1) is 0 Å². The quantitative estimate of drug-likeness (QED) is 0.227. The Morgan fingerprint density at radius 2 is 1.47 bits per heavy atom. The van der Waals surface area contributed by atoms with Gasteiger partial charge < -0.3 is 21.3 Å². The summed E-state index contributed by atoms with van der Waals surface area (Å²) in [5.41, 5.74) is 3.64. The summed E-state index contributed by atoms with van der Waals surface area (Å²) in [5.74, 6) is 0.685. The molecule has 0 unspecified atom stereocenters. The fraction of sp³-hybridized carbons (Fsp3) is 0. The topological polar surface area (TPSA) is 120 Å². The number of amides is 2. The number of carbonyl (C=O) groups is 1. The van der Waals surface area contributed by atoms with Gasteiger partial charge in [-0.25, -0.2) is 14.2 Å². The van der Waals surface area contributed by atoms with Crippen LogP contribution in [-0.4, -0.2) is 26.2 Å². The van der Waals surface area contributed by atoms with Crippen LogP contribution >= 0.6 is 0 Å². The lowest BCUT2D eigenvalue weighted by molar-refractivity contribution is 0.262. The van der Waals surface area contributed by atoms with Crippen LogP contribution in [-0.2, 0) is 0 Å². The summed E-state index contributed by atoms with van der Waals surface area (Å²) in [5, 5.41) is 19.8. The van der Waals surface area contributed by atoms with Crippen LogP contribution in [0, 0.1) is 5.82 Å². The minimum absolute atomic E-state index is 0.366. The second-order valence-electron chi connectivity index (χ2n) is 7.35. The summed E-state index contributed by atoms with van der Waals surface area (Å²) in [4.78, 5) is 20.9. The van der Waals surface area contributed by atoms with E-state index < -0.39 is 6.03 Å². The molecule has 0 aliphatic carbocycles. The predicted molar refractivity (Wildman–Crippen MR) is 130 cm³/mol. The molecule has 2 amide bonds. The van der Waals surface area contributed by atoms with E-state index in [2.05, 4.69) is 41.4 Å². The third-order valence-electron chi connectivity index (χ3n) is 4.87. The summed E-state index contributed by atoms with van der Waals surface area (Å²) < 4.78 is 13.0. The first kappa shape index (κ1) is 20.9. The third-order valence-corrected chi connectivity index (χ3v) is 4.87. The number of nitrogens with one attached hydrogen (secondary N) is 5. The van der Waals surface area contributed by atoms with E-state index in [0.29, 0.717) is 23.1 Å². The number of benzene rings is 3. The molecule has 0 aliphatic rings. The number of nitrogens with zero attached hydrogens (tertiary/aromatic N) is 3. The predicted octanol–water partition coefficient (Wildman–Crippen LogP) is 5.62. The molecule has 0 saturated carbocycles. The Kier molecular flexibility index (Phi) is 5.68. The van der Waals surface area contributed by atoms with Crippen LogP contribution in [0.5, 0.6) is 0 Å². The van der Waals surface area contributed by atoms with E-state index >= 15 is 0 Å². The van der Waals surface area contributed by atoms with E-state index in [1.165, 1.54) is 24.3 Å². The Morgan fingerprint density at radius 1 is 0.794 bits per heavy atom. The largest absolute Gasteiger partial charge is 0.340 e. The first-order valence-electron chi connectivity index (χ1n) is 10.3. The molecule has 0 bridgehead atoms. The van der Waals surface area contributed by atoms with E-state index in [9.17, 15) is 9.18 Å². The van der Waals surface area contributed by atoms with Gasteiger partial charge in [-0.3, -0.25) is 5.10 Å². The van der Waals surface area contributed by atoms with Gasteiger partial charge in [0.2, 0.25) is 5.95 Å². The molecule has 10 heteroatoms. The summed E-state index contributed by atoms with van der Waals surface area (Å²) in [6.45, 7) is 0. The highest BCUT2D eigenvalue weighted by Crippen LogP contribution is 2.22. The van der Waals surface area contributed by atoms with Crippen LogP contribution in [0.15, 0.2) is 85.2 Å². The van der Waals surface area contributed by atoms with Crippen molar-refractivity contribution in [2.75, 3.05) is 21.3 Å². The van der Waals surface area contributed by atoms with Crippen LogP contribution in [0.2, 0.25) is 0 Å². The number of carbonyl (C=O) groups excluding carboxylic acids is 1. The fourth-order valence-electron chi connectivity index (χ4n) is 3.24. The first-order chi connectivity index (χ1) is 16.6. The molecule has 2 aromatic heterocycles. The van der Waals surface area contributed by atoms with Crippen molar-refractivity contribution in [2.45, 2.75) is 0 Å². The van der Waals surface area contributed by atoms with Crippen LogP contribution in [0.4, 0.5) is 43.7 Å². The summed E-state index contributed by atoms with van der Waals surface area (Å²) >= 11 is 0. The lowest BCUT2D eigenvalue weighted by atomic mass is 10.2. The minimum Gasteiger partial charge on any atom is -0.340 e. The zero-order valence-corrected chi connectivity index (χ0v) is 17.7. The normalized spacial score (nSPS) is 10.6. The number of fused-ring (bicyclic) bond motifs is 1. The highest BCUT2D eigenvalue weighted by Gasteiger charge is 2.05. The zero-order chi connectivity index (χ0) is 23.3. The Morgan fingerprint density at radius 3 is 2.24 bits per heavy atom. The molecule has 2 heterocycles. The monoisotopic (exact) mass is 454 g/mol. The third kappa shape index (κ3) is 5.07. The van der Waals surface area contributed by atoms with Gasteiger partial charge in [-0.1, -0.05) is 0 Å². The highest BCUT2D eigenvalue weighted by molar-refractivity contribution is 5.99. The number of aromatic amines is 1. The molecule has 34 heavy (non-hydrogen) atoms. The molecule has 5 N–H and O–H groups in total. The number of aromatic nitrogens is 4. The van der Waals surface area contributed by atoms with E-state index in [0.717, 1.165) is 22.3 Å². The maximum absolute atomic E-state index is 13.0. The number of hydrogen-bond acceptors (Lipinski definition) is 6. The van der Waals surface area contributed by atoms with E-state index in [-0.39, 0.29) is 5.82 Å². The van der Waals surface area contributed by atoms with Crippen LogP contribution in [0.3, 0.4) is 0 Å². The maximum Gasteiger partial charge on any atom is 0.323 e. The number of urea groups is 1. The molecule has 5 rings (SSSR count). The van der Waals surface area contributed by atoms with Gasteiger partial charge in [0.05, 0.1) is 11.7 Å². The molecule has 3 aromatic carbocycles. The number of halogens is 1. The van der Waals surface area contributed by atoms with Gasteiger partial charge >= 0.3 is 6.03 Å². The van der Waals surface area contributed by atoms with Crippen LogP contribution < -0.4 is 21.3 Å². The van der Waals surface area contributed by atoms with Gasteiger partial charge in [0.25, 0.3) is 0 Å². The molecule has 9 nitrogen and oxygen atoms in total. The minimum atomic E-state index is -0.428. The van der Waals surface area contributed by atoms with Gasteiger partial charge in [0.15, 0.2) is 0 Å². The van der Waals surface area contributed by atoms with Crippen molar-refractivity contribution in [3.8, 4) is 0 Å². The number of anilines is 6. The smallest absolute Gasteiger partial charge is 0.323 e. The van der Waals surface area contributed by atoms with Crippen LogP contribution in [0.25, 0.3) is 10.9 Å². The Hall–Kier alpha value is -4.99. The lowest BCUT2D eigenvalue weighted by Crippen LogP contribution is -2.19. The maximum atomic E-state index is 13.0. The Balaban J connectivity index is 1.19. The van der Waals surface area contributed by atoms with Crippen molar-refractivity contribution in [3.05, 3.63) is 91.0 Å². The lowest BCUT2D eigenvalue weighted by Gasteiger charge is -2.10. The SMILES string of the molecule is O=C(Nc1ccc(F)cc1)Nc1ccc(Nc2nccc(Nc3ccc4cn[nH]c4c3)n2)cc1. The van der Waals surface area contributed by atoms with E-state index in [4.69, 9.17) is 0 Å². The van der Waals surface area contributed by atoms with Gasteiger partial charge in [0.1, 0.15) is 11.6 Å². The average molecular weight is 454 g/mol. The van der Waals surface area contributed by atoms with Crippen molar-refractivity contribution in [2.24, 2.45) is 0 Å². The van der Waals surface area contributed by atoms with Crippen molar-refractivity contribution in [3.63, 3.8) is 0 Å². The molecule has 0 fully saturated rings. The van der Waals surface area contributed by atoms with Gasteiger partial charge in [-0.05, 0) is 72.8 Å². The molecule has 0 aliphatic heterocycles. The van der Waals surface area contributed by atoms with Crippen molar-refractivity contribution in [1.82, 2.24) is 20.2 Å². The van der Waals surface area contributed by atoms with Gasteiger partial charge in [-0.2, -0.15) is 10.1 Å². The molecule has 0 atom stereocenters. The first-order valence-corrected chi connectivity index (χ1v) is 10.3. The zero-order valence-electron chi connectivity index (χ0n) is 17.7. The summed E-state index contributed by atoms with van der Waals surface area (Å²) in [7, 11) is 0. The Labute approximate surface area is 193 Å². The number of hydrogen-bond donors (Lipinski definition) is 5. The number of H-pyrrole nitrogens is 1. The van der Waals surface area contributed by atoms with E-state index in [1.807, 2.05) is 18.2 Å². The molecule has 168 valence electrons. The highest BCUT2D eigenvalue weighted by atomic mass is 19.1. The molecular weight excluding hydrogens is 435 g/mol. The van der Waals surface area contributed by atoms with Crippen molar-refractivity contribution in [1.29, 1.82) is 0 Å². The van der Waals surface area contributed by atoms with Crippen molar-refractivity contribution < 1.29 is 9.18 Å². The van der Waals surface area contributed by atoms with Gasteiger partial charge in [0, 0.05) is 34.3 Å². The molecule has 5 aromatic rings. The molecule has 0 radical (unpaired) electrons. The molecular formula is C24H19FN8O. The average Bonchev–Trinajstić information content (AvgIpc) is 3.30. The van der Waals surface area contributed by atoms with E-state index in [1.54, 1.807) is 42.7 Å². The van der Waals surface area contributed by atoms with Crippen LogP contribution in [0.1, 0.15) is 0 Å². The summed E-state index contributed by atoms with van der Waals surface area (Å²) in [6, 6.07) is 19.8. The molecule has 0 spiro atoms. The second-order valence-corrected chi connectivity index (χ2v) is 7.35. The number of rotatable bonds is 6. The fourth-order valence-corrected chi connectivity index (χ4v) is 3.24. The van der Waals surface area contributed by atoms with Crippen molar-refractivity contribution >= 4 is 51.4 Å².